The van der Waals surface area contributed by atoms with Crippen molar-refractivity contribution in [3.63, 3.8) is 0 Å². The number of nitrogens with one attached hydrogen (secondary N) is 1. The monoisotopic (exact) mass is 361 g/mol. The molecule has 0 saturated heterocycles. The predicted octanol–water partition coefficient (Wildman–Crippen LogP) is 5.25. The number of hydrogen-bond donors (Lipinski definition) is 1. The van der Waals surface area contributed by atoms with Gasteiger partial charge in [-0.1, -0.05) is 97.9 Å². The van der Waals surface area contributed by atoms with Gasteiger partial charge in [0.1, 0.15) is 0 Å². The summed E-state index contributed by atoms with van der Waals surface area (Å²) in [6.07, 6.45) is 1.17. The van der Waals surface area contributed by atoms with Crippen LogP contribution in [0.25, 0.3) is 0 Å². The van der Waals surface area contributed by atoms with E-state index in [-0.39, 0.29) is 7.92 Å². The van der Waals surface area contributed by atoms with E-state index in [1.165, 1.54) is 22.6 Å². The van der Waals surface area contributed by atoms with Crippen molar-refractivity contribution < 1.29 is 0 Å². The predicted molar refractivity (Wildman–Crippen MR) is 116 cm³/mol. The molecule has 3 aromatic rings. The van der Waals surface area contributed by atoms with Crippen LogP contribution in [-0.4, -0.2) is 12.2 Å². The Balaban J connectivity index is 1.66. The average molecular weight is 361 g/mol. The molecule has 0 fully saturated rings. The Morgan fingerprint density at radius 3 is 1.65 bits per heavy atom. The van der Waals surface area contributed by atoms with Gasteiger partial charge in [0.2, 0.25) is 0 Å². The Hall–Kier alpha value is -1.95. The molecule has 3 aromatic carbocycles. The van der Waals surface area contributed by atoms with E-state index in [0.29, 0.717) is 11.7 Å². The summed E-state index contributed by atoms with van der Waals surface area (Å²) in [5.74, 6) is 0. The van der Waals surface area contributed by atoms with E-state index in [1.807, 2.05) is 0 Å². The van der Waals surface area contributed by atoms with E-state index in [9.17, 15) is 0 Å². The molecule has 0 aliphatic carbocycles. The van der Waals surface area contributed by atoms with Gasteiger partial charge < -0.3 is 5.32 Å². The fourth-order valence-electron chi connectivity index (χ4n) is 3.33. The molecule has 0 aromatic heterocycles. The van der Waals surface area contributed by atoms with Crippen molar-refractivity contribution >= 4 is 18.5 Å². The molecule has 1 nitrogen and oxygen atoms in total. The van der Waals surface area contributed by atoms with Crippen LogP contribution in [0.3, 0.4) is 0 Å². The average Bonchev–Trinajstić information content (AvgIpc) is 2.70. The number of rotatable bonds is 8. The van der Waals surface area contributed by atoms with Crippen LogP contribution in [0.5, 0.6) is 0 Å². The molecule has 0 heterocycles. The Labute approximate surface area is 159 Å². The van der Waals surface area contributed by atoms with E-state index in [2.05, 4.69) is 110 Å². The molecule has 3 rings (SSSR count). The summed E-state index contributed by atoms with van der Waals surface area (Å²) >= 11 is 0. The molecule has 0 spiro atoms. The van der Waals surface area contributed by atoms with Crippen LogP contribution in [0.4, 0.5) is 0 Å². The van der Waals surface area contributed by atoms with Gasteiger partial charge >= 0.3 is 0 Å². The minimum Gasteiger partial charge on any atom is -0.310 e. The summed E-state index contributed by atoms with van der Waals surface area (Å²) in [5, 5.41) is 6.64. The van der Waals surface area contributed by atoms with Crippen molar-refractivity contribution in [2.75, 3.05) is 6.54 Å². The van der Waals surface area contributed by atoms with E-state index in [1.54, 1.807) is 0 Å². The molecular formula is C24H28NP. The normalized spacial score (nSPS) is 13.5. The van der Waals surface area contributed by atoms with Crippen molar-refractivity contribution in [2.24, 2.45) is 0 Å². The minimum absolute atomic E-state index is 0.337. The lowest BCUT2D eigenvalue weighted by Gasteiger charge is -2.26. The SMILES string of the molecule is C[C@H](NCC[C@H](C)P(c1ccccc1)c1ccccc1)c1ccccc1. The first-order valence-corrected chi connectivity index (χ1v) is 10.8. The molecule has 26 heavy (non-hydrogen) atoms. The lowest BCUT2D eigenvalue weighted by atomic mass is 10.1. The molecule has 0 aliphatic rings. The molecule has 0 unspecified atom stereocenters. The van der Waals surface area contributed by atoms with Gasteiger partial charge in [0.05, 0.1) is 0 Å². The van der Waals surface area contributed by atoms with E-state index < -0.39 is 0 Å². The zero-order valence-corrected chi connectivity index (χ0v) is 16.6. The van der Waals surface area contributed by atoms with Crippen molar-refractivity contribution in [2.45, 2.75) is 32.0 Å². The molecule has 0 radical (unpaired) electrons. The zero-order chi connectivity index (χ0) is 18.2. The summed E-state index contributed by atoms with van der Waals surface area (Å²) in [7, 11) is -0.337. The highest BCUT2D eigenvalue weighted by molar-refractivity contribution is 7.73. The summed E-state index contributed by atoms with van der Waals surface area (Å²) in [4.78, 5) is 0. The third-order valence-corrected chi connectivity index (χ3v) is 7.67. The quantitative estimate of drug-likeness (QED) is 0.541. The third kappa shape index (κ3) is 5.04. The first-order valence-electron chi connectivity index (χ1n) is 9.43. The molecule has 2 atom stereocenters. The van der Waals surface area contributed by atoms with Crippen molar-refractivity contribution in [1.29, 1.82) is 0 Å². The van der Waals surface area contributed by atoms with Crippen LogP contribution in [0.1, 0.15) is 31.9 Å². The Morgan fingerprint density at radius 2 is 1.15 bits per heavy atom. The first-order chi connectivity index (χ1) is 12.8. The van der Waals surface area contributed by atoms with Crippen LogP contribution < -0.4 is 15.9 Å². The van der Waals surface area contributed by atoms with Crippen molar-refractivity contribution in [3.05, 3.63) is 96.6 Å². The van der Waals surface area contributed by atoms with Gasteiger partial charge in [0, 0.05) is 6.04 Å². The fourth-order valence-corrected chi connectivity index (χ4v) is 6.02. The molecule has 0 aliphatic heterocycles. The number of hydrogen-bond acceptors (Lipinski definition) is 1. The molecule has 0 bridgehead atoms. The molecule has 2 heteroatoms. The van der Waals surface area contributed by atoms with Gasteiger partial charge in [-0.15, -0.1) is 0 Å². The van der Waals surface area contributed by atoms with E-state index >= 15 is 0 Å². The second kappa shape index (κ2) is 9.67. The Morgan fingerprint density at radius 1 is 0.692 bits per heavy atom. The highest BCUT2D eigenvalue weighted by Gasteiger charge is 2.20. The lowest BCUT2D eigenvalue weighted by Crippen LogP contribution is -2.26. The van der Waals surface area contributed by atoms with Crippen LogP contribution in [0.15, 0.2) is 91.0 Å². The van der Waals surface area contributed by atoms with Crippen molar-refractivity contribution in [1.82, 2.24) is 5.32 Å². The van der Waals surface area contributed by atoms with Crippen LogP contribution in [0.2, 0.25) is 0 Å². The van der Waals surface area contributed by atoms with Gasteiger partial charge in [-0.2, -0.15) is 0 Å². The highest BCUT2D eigenvalue weighted by atomic mass is 31.1. The maximum Gasteiger partial charge on any atom is 0.0291 e. The Bertz CT molecular complexity index is 718. The fraction of sp³-hybridized carbons (Fsp3) is 0.250. The maximum atomic E-state index is 3.70. The number of benzene rings is 3. The minimum atomic E-state index is -0.337. The summed E-state index contributed by atoms with van der Waals surface area (Å²) < 4.78 is 0. The van der Waals surface area contributed by atoms with Gasteiger partial charge in [0.25, 0.3) is 0 Å². The largest absolute Gasteiger partial charge is 0.310 e. The van der Waals surface area contributed by atoms with E-state index in [0.717, 1.165) is 6.54 Å². The molecule has 0 amide bonds. The molecular weight excluding hydrogens is 333 g/mol. The van der Waals surface area contributed by atoms with E-state index in [4.69, 9.17) is 0 Å². The summed E-state index contributed by atoms with van der Waals surface area (Å²) in [5.41, 5.74) is 1.99. The second-order valence-corrected chi connectivity index (χ2v) is 9.42. The van der Waals surface area contributed by atoms with Crippen LogP contribution in [-0.2, 0) is 0 Å². The Kier molecular flexibility index (Phi) is 7.00. The topological polar surface area (TPSA) is 12.0 Å². The molecule has 1 N–H and O–H groups in total. The third-order valence-electron chi connectivity index (χ3n) is 4.82. The van der Waals surface area contributed by atoms with Gasteiger partial charge in [0.15, 0.2) is 0 Å². The lowest BCUT2D eigenvalue weighted by molar-refractivity contribution is 0.557. The zero-order valence-electron chi connectivity index (χ0n) is 15.7. The van der Waals surface area contributed by atoms with Crippen molar-refractivity contribution in [3.8, 4) is 0 Å². The molecule has 0 saturated carbocycles. The maximum absolute atomic E-state index is 3.70. The van der Waals surface area contributed by atoms with Gasteiger partial charge in [-0.25, -0.2) is 0 Å². The van der Waals surface area contributed by atoms with Gasteiger partial charge in [-0.05, 0) is 49.6 Å². The first kappa shape index (κ1) is 18.8. The summed E-state index contributed by atoms with van der Waals surface area (Å²) in [6, 6.07) is 33.1. The second-order valence-electron chi connectivity index (χ2n) is 6.77. The highest BCUT2D eigenvalue weighted by Crippen LogP contribution is 2.40. The van der Waals surface area contributed by atoms with Crippen LogP contribution >= 0.6 is 7.92 Å². The molecule has 134 valence electrons. The van der Waals surface area contributed by atoms with Gasteiger partial charge in [-0.3, -0.25) is 0 Å². The smallest absolute Gasteiger partial charge is 0.0291 e. The standard InChI is InChI=1S/C24H28NP/c1-20(18-19-25-21(2)22-12-6-3-7-13-22)26(23-14-8-4-9-15-23)24-16-10-5-11-17-24/h3-17,20-21,25H,18-19H2,1-2H3/t20-,21-/m0/s1. The van der Waals surface area contributed by atoms with Crippen LogP contribution in [0, 0.1) is 0 Å². The summed E-state index contributed by atoms with van der Waals surface area (Å²) in [6.45, 7) is 5.69.